The van der Waals surface area contributed by atoms with Gasteiger partial charge in [0.05, 0.1) is 6.61 Å². The van der Waals surface area contributed by atoms with E-state index in [1.807, 2.05) is 31.2 Å². The Bertz CT molecular complexity index is 735. The van der Waals surface area contributed by atoms with E-state index in [9.17, 15) is 13.6 Å². The number of rotatable bonds is 9. The zero-order chi connectivity index (χ0) is 18.9. The predicted octanol–water partition coefficient (Wildman–Crippen LogP) is 5.09. The van der Waals surface area contributed by atoms with Crippen LogP contribution in [0.5, 0.6) is 11.5 Å². The molecule has 0 aromatic heterocycles. The van der Waals surface area contributed by atoms with Gasteiger partial charge in [-0.3, -0.25) is 4.79 Å². The topological polar surface area (TPSA) is 47.6 Å². The van der Waals surface area contributed by atoms with Crippen LogP contribution in [0.15, 0.2) is 42.5 Å². The number of benzene rings is 2. The molecule has 26 heavy (non-hydrogen) atoms. The van der Waals surface area contributed by atoms with Crippen LogP contribution >= 0.6 is 0 Å². The van der Waals surface area contributed by atoms with E-state index in [-0.39, 0.29) is 11.7 Å². The number of nitrogens with one attached hydrogen (secondary N) is 1. The standard InChI is InChI=1S/C20H23F2NO3/c1-14-7-5-8-16(13-14)25-12-4-3-11-19(24)23-17-9-6-10-18(15(17)2)26-20(21)22/h5-10,13,20H,3-4,11-12H2,1-2H3,(H,23,24). The molecule has 0 radical (unpaired) electrons. The first-order chi connectivity index (χ1) is 12.5. The van der Waals surface area contributed by atoms with Crippen molar-refractivity contribution in [2.75, 3.05) is 11.9 Å². The molecule has 0 unspecified atom stereocenters. The minimum atomic E-state index is -2.90. The first-order valence-corrected chi connectivity index (χ1v) is 8.49. The summed E-state index contributed by atoms with van der Waals surface area (Å²) in [6.45, 7) is 1.27. The molecule has 0 aliphatic heterocycles. The van der Waals surface area contributed by atoms with Crippen molar-refractivity contribution >= 4 is 11.6 Å². The van der Waals surface area contributed by atoms with E-state index in [0.717, 1.165) is 17.7 Å². The second-order valence-corrected chi connectivity index (χ2v) is 5.98. The van der Waals surface area contributed by atoms with Crippen LogP contribution in [-0.4, -0.2) is 19.1 Å². The van der Waals surface area contributed by atoms with E-state index in [1.165, 1.54) is 6.07 Å². The van der Waals surface area contributed by atoms with Crippen molar-refractivity contribution in [3.05, 3.63) is 53.6 Å². The SMILES string of the molecule is Cc1cccc(OCCCCC(=O)Nc2cccc(OC(F)F)c2C)c1. The Morgan fingerprint density at radius 1 is 1.12 bits per heavy atom. The van der Waals surface area contributed by atoms with Crippen LogP contribution in [0.4, 0.5) is 14.5 Å². The van der Waals surface area contributed by atoms with Crippen LogP contribution in [0, 0.1) is 13.8 Å². The number of hydrogen-bond acceptors (Lipinski definition) is 3. The number of alkyl halides is 2. The Balaban J connectivity index is 1.73. The largest absolute Gasteiger partial charge is 0.494 e. The van der Waals surface area contributed by atoms with Crippen molar-refractivity contribution in [1.82, 2.24) is 0 Å². The minimum Gasteiger partial charge on any atom is -0.494 e. The fourth-order valence-electron chi connectivity index (χ4n) is 2.47. The van der Waals surface area contributed by atoms with E-state index < -0.39 is 6.61 Å². The van der Waals surface area contributed by atoms with Crippen LogP contribution in [0.25, 0.3) is 0 Å². The third-order valence-corrected chi connectivity index (χ3v) is 3.83. The average molecular weight is 363 g/mol. The second-order valence-electron chi connectivity index (χ2n) is 5.98. The molecule has 1 amide bonds. The molecule has 1 N–H and O–H groups in total. The molecule has 0 saturated heterocycles. The zero-order valence-corrected chi connectivity index (χ0v) is 14.9. The molecule has 6 heteroatoms. The predicted molar refractivity (Wildman–Crippen MR) is 97.0 cm³/mol. The summed E-state index contributed by atoms with van der Waals surface area (Å²) in [6.07, 6.45) is 1.75. The number of amides is 1. The lowest BCUT2D eigenvalue weighted by Crippen LogP contribution is -2.13. The van der Waals surface area contributed by atoms with Crippen LogP contribution in [0.1, 0.15) is 30.4 Å². The monoisotopic (exact) mass is 363 g/mol. The van der Waals surface area contributed by atoms with Crippen molar-refractivity contribution in [2.45, 2.75) is 39.7 Å². The van der Waals surface area contributed by atoms with Gasteiger partial charge in [0, 0.05) is 17.7 Å². The number of hydrogen-bond donors (Lipinski definition) is 1. The number of aryl methyl sites for hydroxylation is 1. The maximum absolute atomic E-state index is 12.4. The molecule has 140 valence electrons. The molecule has 0 aliphatic carbocycles. The molecule has 2 aromatic carbocycles. The number of anilines is 1. The highest BCUT2D eigenvalue weighted by molar-refractivity contribution is 5.91. The van der Waals surface area contributed by atoms with Gasteiger partial charge in [0.15, 0.2) is 0 Å². The Hall–Kier alpha value is -2.63. The maximum Gasteiger partial charge on any atom is 0.387 e. The van der Waals surface area contributed by atoms with E-state index in [1.54, 1.807) is 19.1 Å². The van der Waals surface area contributed by atoms with E-state index in [0.29, 0.717) is 30.7 Å². The van der Waals surface area contributed by atoms with Gasteiger partial charge in [0.1, 0.15) is 11.5 Å². The quantitative estimate of drug-likeness (QED) is 0.631. The molecule has 0 atom stereocenters. The lowest BCUT2D eigenvalue weighted by atomic mass is 10.1. The van der Waals surface area contributed by atoms with E-state index in [2.05, 4.69) is 10.1 Å². The zero-order valence-electron chi connectivity index (χ0n) is 14.9. The summed E-state index contributed by atoms with van der Waals surface area (Å²) in [5, 5.41) is 2.74. The van der Waals surface area contributed by atoms with Gasteiger partial charge in [-0.1, -0.05) is 18.2 Å². The summed E-state index contributed by atoms with van der Waals surface area (Å²) >= 11 is 0. The van der Waals surface area contributed by atoms with Gasteiger partial charge in [0.2, 0.25) is 5.91 Å². The number of ether oxygens (including phenoxy) is 2. The van der Waals surface area contributed by atoms with Gasteiger partial charge in [-0.2, -0.15) is 8.78 Å². The highest BCUT2D eigenvalue weighted by Gasteiger charge is 2.11. The molecule has 2 aromatic rings. The summed E-state index contributed by atoms with van der Waals surface area (Å²) in [4.78, 5) is 12.0. The van der Waals surface area contributed by atoms with Crippen LogP contribution < -0.4 is 14.8 Å². The van der Waals surface area contributed by atoms with E-state index >= 15 is 0 Å². The van der Waals surface area contributed by atoms with Gasteiger partial charge >= 0.3 is 6.61 Å². The van der Waals surface area contributed by atoms with Gasteiger partial charge in [0.25, 0.3) is 0 Å². The normalized spacial score (nSPS) is 10.7. The summed E-state index contributed by atoms with van der Waals surface area (Å²) in [6, 6.07) is 12.5. The fraction of sp³-hybridized carbons (Fsp3) is 0.350. The number of carbonyl (C=O) groups is 1. The molecule has 0 heterocycles. The smallest absolute Gasteiger partial charge is 0.387 e. The Kier molecular flexibility index (Phi) is 7.38. The molecular weight excluding hydrogens is 340 g/mol. The number of halogens is 2. The van der Waals surface area contributed by atoms with Crippen molar-refractivity contribution < 1.29 is 23.0 Å². The van der Waals surface area contributed by atoms with Gasteiger partial charge in [-0.05, 0) is 56.5 Å². The fourth-order valence-corrected chi connectivity index (χ4v) is 2.47. The minimum absolute atomic E-state index is 0.0596. The van der Waals surface area contributed by atoms with Crippen LogP contribution in [0.2, 0.25) is 0 Å². The molecular formula is C20H23F2NO3. The van der Waals surface area contributed by atoms with Crippen molar-refractivity contribution in [1.29, 1.82) is 0 Å². The molecule has 0 fully saturated rings. The molecule has 0 spiro atoms. The van der Waals surface area contributed by atoms with Crippen LogP contribution in [-0.2, 0) is 4.79 Å². The highest BCUT2D eigenvalue weighted by Crippen LogP contribution is 2.27. The summed E-state index contributed by atoms with van der Waals surface area (Å²) in [5.41, 5.74) is 2.09. The second kappa shape index (κ2) is 9.75. The van der Waals surface area contributed by atoms with Crippen molar-refractivity contribution in [3.8, 4) is 11.5 Å². The first kappa shape index (κ1) is 19.7. The lowest BCUT2D eigenvalue weighted by Gasteiger charge is -2.13. The molecule has 4 nitrogen and oxygen atoms in total. The Morgan fingerprint density at radius 2 is 1.88 bits per heavy atom. The van der Waals surface area contributed by atoms with E-state index in [4.69, 9.17) is 4.74 Å². The van der Waals surface area contributed by atoms with Gasteiger partial charge in [-0.25, -0.2) is 0 Å². The third-order valence-electron chi connectivity index (χ3n) is 3.83. The van der Waals surface area contributed by atoms with Gasteiger partial charge in [-0.15, -0.1) is 0 Å². The van der Waals surface area contributed by atoms with Crippen molar-refractivity contribution in [3.63, 3.8) is 0 Å². The molecule has 0 aliphatic rings. The Labute approximate surface area is 152 Å². The Morgan fingerprint density at radius 3 is 2.62 bits per heavy atom. The maximum atomic E-state index is 12.4. The molecule has 0 saturated carbocycles. The lowest BCUT2D eigenvalue weighted by molar-refractivity contribution is -0.116. The molecule has 0 bridgehead atoms. The third kappa shape index (κ3) is 6.35. The average Bonchev–Trinajstić information content (AvgIpc) is 2.58. The van der Waals surface area contributed by atoms with Crippen molar-refractivity contribution in [2.24, 2.45) is 0 Å². The summed E-state index contributed by atoms with van der Waals surface area (Å²) in [7, 11) is 0. The highest BCUT2D eigenvalue weighted by atomic mass is 19.3. The number of unbranched alkanes of at least 4 members (excludes halogenated alkanes) is 1. The van der Waals surface area contributed by atoms with Gasteiger partial charge < -0.3 is 14.8 Å². The first-order valence-electron chi connectivity index (χ1n) is 8.49. The summed E-state index contributed by atoms with van der Waals surface area (Å²) in [5.74, 6) is 0.711. The van der Waals surface area contributed by atoms with Crippen LogP contribution in [0.3, 0.4) is 0 Å². The summed E-state index contributed by atoms with van der Waals surface area (Å²) < 4.78 is 34.8. The molecule has 2 rings (SSSR count). The number of carbonyl (C=O) groups excluding carboxylic acids is 1.